The van der Waals surface area contributed by atoms with Gasteiger partial charge in [0, 0.05) is 5.57 Å². The number of carbonyl (C=O) groups excluding carboxylic acids is 2. The van der Waals surface area contributed by atoms with Gasteiger partial charge in [0.15, 0.2) is 0 Å². The third kappa shape index (κ3) is 3.16. The van der Waals surface area contributed by atoms with Gasteiger partial charge in [-0.05, 0) is 24.1 Å². The number of cyclic esters (lactones) is 1. The quantitative estimate of drug-likeness (QED) is 0.810. The number of rotatable bonds is 3. The fourth-order valence-electron chi connectivity index (χ4n) is 2.62. The monoisotopic (exact) mass is 307 g/mol. The second kappa shape index (κ2) is 6.48. The van der Waals surface area contributed by atoms with Gasteiger partial charge in [0.25, 0.3) is 5.91 Å². The minimum absolute atomic E-state index is 0.188. The second-order valence-electron chi connectivity index (χ2n) is 5.42. The molecule has 1 aliphatic heterocycles. The van der Waals surface area contributed by atoms with Crippen LogP contribution in [0.2, 0.25) is 0 Å². The van der Waals surface area contributed by atoms with Crippen LogP contribution in [0.3, 0.4) is 0 Å². The molecule has 116 valence electrons. The minimum atomic E-state index is -0.593. The van der Waals surface area contributed by atoms with Crippen molar-refractivity contribution in [3.05, 3.63) is 77.4 Å². The van der Waals surface area contributed by atoms with E-state index in [1.807, 2.05) is 60.7 Å². The number of carbonyl (C=O) groups is 2. The van der Waals surface area contributed by atoms with Gasteiger partial charge in [-0.3, -0.25) is 4.79 Å². The Balaban J connectivity index is 1.87. The van der Waals surface area contributed by atoms with Crippen molar-refractivity contribution < 1.29 is 14.3 Å². The van der Waals surface area contributed by atoms with Gasteiger partial charge in [-0.25, -0.2) is 9.69 Å². The van der Waals surface area contributed by atoms with E-state index in [2.05, 4.69) is 0 Å². The van der Waals surface area contributed by atoms with Crippen LogP contribution in [0.15, 0.2) is 66.2 Å². The molecule has 0 unspecified atom stereocenters. The third-order valence-electron chi connectivity index (χ3n) is 3.80. The van der Waals surface area contributed by atoms with E-state index in [0.717, 1.165) is 11.1 Å². The Morgan fingerprint density at radius 2 is 1.70 bits per heavy atom. The molecule has 0 N–H and O–H groups in total. The Labute approximate surface area is 135 Å². The van der Waals surface area contributed by atoms with Crippen LogP contribution in [0.25, 0.3) is 6.08 Å². The number of hydrogen-bond acceptors (Lipinski definition) is 3. The molecule has 0 aromatic heterocycles. The van der Waals surface area contributed by atoms with Crippen LogP contribution in [0.5, 0.6) is 0 Å². The molecule has 0 saturated carbocycles. The van der Waals surface area contributed by atoms with E-state index in [-0.39, 0.29) is 18.6 Å². The molecule has 1 heterocycles. The number of ether oxygens (including phenoxy) is 1. The number of amides is 2. The van der Waals surface area contributed by atoms with Gasteiger partial charge in [0.1, 0.15) is 12.6 Å². The van der Waals surface area contributed by atoms with E-state index in [1.165, 1.54) is 4.90 Å². The van der Waals surface area contributed by atoms with Gasteiger partial charge < -0.3 is 4.74 Å². The molecular weight excluding hydrogens is 290 g/mol. The summed E-state index contributed by atoms with van der Waals surface area (Å²) >= 11 is 0. The Morgan fingerprint density at radius 1 is 1.09 bits per heavy atom. The number of nitrogens with zero attached hydrogens (tertiary/aromatic N) is 1. The van der Waals surface area contributed by atoms with E-state index < -0.39 is 6.09 Å². The molecular formula is C19H17NO3. The van der Waals surface area contributed by atoms with Crippen molar-refractivity contribution >= 4 is 18.1 Å². The first kappa shape index (κ1) is 15.0. The molecule has 4 heteroatoms. The van der Waals surface area contributed by atoms with Crippen molar-refractivity contribution in [2.24, 2.45) is 0 Å². The topological polar surface area (TPSA) is 46.6 Å². The lowest BCUT2D eigenvalue weighted by atomic mass is 10.1. The smallest absolute Gasteiger partial charge is 0.417 e. The Bertz CT molecular complexity index is 738. The Kier molecular flexibility index (Phi) is 4.24. The highest BCUT2D eigenvalue weighted by molar-refractivity contribution is 6.05. The fourth-order valence-corrected chi connectivity index (χ4v) is 2.62. The Morgan fingerprint density at radius 3 is 2.35 bits per heavy atom. The molecule has 1 saturated heterocycles. The number of hydrogen-bond donors (Lipinski definition) is 0. The van der Waals surface area contributed by atoms with Gasteiger partial charge in [-0.15, -0.1) is 0 Å². The van der Waals surface area contributed by atoms with Gasteiger partial charge in [-0.1, -0.05) is 60.7 Å². The summed E-state index contributed by atoms with van der Waals surface area (Å²) in [6.07, 6.45) is 1.18. The SMILES string of the molecule is C/C(=C\c1ccccc1)C(=O)N1C(=O)OC[C@@H]1c1ccccc1. The lowest BCUT2D eigenvalue weighted by Gasteiger charge is -2.20. The number of imide groups is 1. The maximum atomic E-state index is 12.7. The van der Waals surface area contributed by atoms with E-state index in [9.17, 15) is 9.59 Å². The van der Waals surface area contributed by atoms with Crippen LogP contribution in [0, 0.1) is 0 Å². The summed E-state index contributed by atoms with van der Waals surface area (Å²) in [5.74, 6) is -0.329. The average Bonchev–Trinajstić information content (AvgIpc) is 2.97. The van der Waals surface area contributed by atoms with E-state index >= 15 is 0 Å². The van der Waals surface area contributed by atoms with E-state index in [4.69, 9.17) is 4.74 Å². The molecule has 1 aliphatic rings. The first-order valence-electron chi connectivity index (χ1n) is 7.45. The summed E-state index contributed by atoms with van der Waals surface area (Å²) in [6, 6.07) is 18.6. The molecule has 23 heavy (non-hydrogen) atoms. The van der Waals surface area contributed by atoms with Gasteiger partial charge in [0.2, 0.25) is 0 Å². The van der Waals surface area contributed by atoms with Crippen molar-refractivity contribution in [1.29, 1.82) is 0 Å². The normalized spacial score (nSPS) is 18.0. The van der Waals surface area contributed by atoms with Gasteiger partial charge in [-0.2, -0.15) is 0 Å². The first-order valence-corrected chi connectivity index (χ1v) is 7.45. The molecule has 4 nitrogen and oxygen atoms in total. The zero-order chi connectivity index (χ0) is 16.2. The zero-order valence-electron chi connectivity index (χ0n) is 12.8. The molecule has 1 atom stereocenters. The van der Waals surface area contributed by atoms with Gasteiger partial charge >= 0.3 is 6.09 Å². The van der Waals surface area contributed by atoms with Crippen LogP contribution in [-0.4, -0.2) is 23.5 Å². The van der Waals surface area contributed by atoms with Crippen molar-refractivity contribution in [2.75, 3.05) is 6.61 Å². The second-order valence-corrected chi connectivity index (χ2v) is 5.42. The summed E-state index contributed by atoms with van der Waals surface area (Å²) in [5.41, 5.74) is 2.30. The predicted molar refractivity (Wildman–Crippen MR) is 87.5 cm³/mol. The largest absolute Gasteiger partial charge is 0.446 e. The molecule has 0 radical (unpaired) electrons. The van der Waals surface area contributed by atoms with Crippen molar-refractivity contribution in [3.8, 4) is 0 Å². The molecule has 0 bridgehead atoms. The highest BCUT2D eigenvalue weighted by atomic mass is 16.6. The highest BCUT2D eigenvalue weighted by Gasteiger charge is 2.39. The molecule has 0 aliphatic carbocycles. The summed E-state index contributed by atoms with van der Waals surface area (Å²) in [6.45, 7) is 1.90. The molecule has 2 aromatic carbocycles. The number of benzene rings is 2. The fraction of sp³-hybridized carbons (Fsp3) is 0.158. The summed E-state index contributed by atoms with van der Waals surface area (Å²) < 4.78 is 5.09. The van der Waals surface area contributed by atoms with Crippen molar-refractivity contribution in [1.82, 2.24) is 4.90 Å². The lowest BCUT2D eigenvalue weighted by Crippen LogP contribution is -2.34. The summed E-state index contributed by atoms with van der Waals surface area (Å²) in [5, 5.41) is 0. The summed E-state index contributed by atoms with van der Waals surface area (Å²) in [7, 11) is 0. The van der Waals surface area contributed by atoms with Crippen molar-refractivity contribution in [3.63, 3.8) is 0 Å². The third-order valence-corrected chi connectivity index (χ3v) is 3.80. The van der Waals surface area contributed by atoms with Crippen LogP contribution >= 0.6 is 0 Å². The van der Waals surface area contributed by atoms with Crippen LogP contribution in [0.1, 0.15) is 24.1 Å². The minimum Gasteiger partial charge on any atom is -0.446 e. The standard InChI is InChI=1S/C19H17NO3/c1-14(12-15-8-4-2-5-9-15)18(21)20-17(13-23-19(20)22)16-10-6-3-7-11-16/h2-12,17H,13H2,1H3/b14-12+/t17-/m1/s1. The average molecular weight is 307 g/mol. The molecule has 2 aromatic rings. The molecule has 1 fully saturated rings. The van der Waals surface area contributed by atoms with Crippen LogP contribution in [0.4, 0.5) is 4.79 Å². The lowest BCUT2D eigenvalue weighted by molar-refractivity contribution is -0.125. The van der Waals surface area contributed by atoms with E-state index in [0.29, 0.717) is 5.57 Å². The molecule has 3 rings (SSSR count). The maximum absolute atomic E-state index is 12.7. The first-order chi connectivity index (χ1) is 11.2. The van der Waals surface area contributed by atoms with Gasteiger partial charge in [0.05, 0.1) is 0 Å². The summed E-state index contributed by atoms with van der Waals surface area (Å²) in [4.78, 5) is 25.9. The molecule has 0 spiro atoms. The predicted octanol–water partition coefficient (Wildman–Crippen LogP) is 3.81. The van der Waals surface area contributed by atoms with Crippen molar-refractivity contribution in [2.45, 2.75) is 13.0 Å². The maximum Gasteiger partial charge on any atom is 0.417 e. The Hall–Kier alpha value is -2.88. The highest BCUT2D eigenvalue weighted by Crippen LogP contribution is 2.29. The van der Waals surface area contributed by atoms with E-state index in [1.54, 1.807) is 13.0 Å². The van der Waals surface area contributed by atoms with Crippen LogP contribution < -0.4 is 0 Å². The zero-order valence-corrected chi connectivity index (χ0v) is 12.8. The van der Waals surface area contributed by atoms with Crippen LogP contribution in [-0.2, 0) is 9.53 Å². The molecule has 2 amide bonds.